The Bertz CT molecular complexity index is 796. The van der Waals surface area contributed by atoms with Gasteiger partial charge >= 0.3 is 0 Å². The van der Waals surface area contributed by atoms with Gasteiger partial charge in [-0.25, -0.2) is 4.98 Å². The number of hydrogen-bond acceptors (Lipinski definition) is 3. The van der Waals surface area contributed by atoms with Crippen molar-refractivity contribution in [1.82, 2.24) is 19.8 Å². The largest absolute Gasteiger partial charge is 0.354 e. The highest BCUT2D eigenvalue weighted by atomic mass is 16.2. The maximum atomic E-state index is 12.5. The summed E-state index contributed by atoms with van der Waals surface area (Å²) in [5.41, 5.74) is 2.35. The SMILES string of the molecule is CNC(=O)c1nc(-c2ccccc2)n2c1CCN(C(=O)CC(C)C)CC2. The van der Waals surface area contributed by atoms with Gasteiger partial charge in [-0.1, -0.05) is 44.2 Å². The summed E-state index contributed by atoms with van der Waals surface area (Å²) in [6.45, 7) is 6.02. The first-order valence-corrected chi connectivity index (χ1v) is 9.16. The number of benzene rings is 1. The number of nitrogens with zero attached hydrogens (tertiary/aromatic N) is 3. The van der Waals surface area contributed by atoms with Gasteiger partial charge in [0.25, 0.3) is 5.91 Å². The Hall–Kier alpha value is -2.63. The predicted octanol–water partition coefficient (Wildman–Crippen LogP) is 2.34. The molecule has 1 N–H and O–H groups in total. The molecule has 0 spiro atoms. The first kappa shape index (κ1) is 18.2. The van der Waals surface area contributed by atoms with Gasteiger partial charge < -0.3 is 14.8 Å². The van der Waals surface area contributed by atoms with Crippen molar-refractivity contribution in [3.63, 3.8) is 0 Å². The van der Waals surface area contributed by atoms with Crippen LogP contribution in [0, 0.1) is 5.92 Å². The second kappa shape index (κ2) is 7.72. The maximum Gasteiger partial charge on any atom is 0.271 e. The lowest BCUT2D eigenvalue weighted by molar-refractivity contribution is -0.131. The van der Waals surface area contributed by atoms with Crippen LogP contribution in [-0.2, 0) is 17.8 Å². The highest BCUT2D eigenvalue weighted by Crippen LogP contribution is 2.25. The third-order valence-electron chi connectivity index (χ3n) is 4.69. The van der Waals surface area contributed by atoms with E-state index in [-0.39, 0.29) is 11.8 Å². The smallest absolute Gasteiger partial charge is 0.271 e. The quantitative estimate of drug-likeness (QED) is 0.916. The summed E-state index contributed by atoms with van der Waals surface area (Å²) in [7, 11) is 1.62. The molecular weight excluding hydrogens is 328 g/mol. The van der Waals surface area contributed by atoms with Crippen LogP contribution < -0.4 is 5.32 Å². The second-order valence-corrected chi connectivity index (χ2v) is 7.06. The minimum Gasteiger partial charge on any atom is -0.354 e. The van der Waals surface area contributed by atoms with E-state index in [4.69, 9.17) is 0 Å². The maximum absolute atomic E-state index is 12.5. The molecule has 0 atom stereocenters. The standard InChI is InChI=1S/C20H26N4O2/c1-14(2)13-17(25)23-10-9-16-18(20(26)21-3)22-19(24(16)12-11-23)15-7-5-4-6-8-15/h4-8,14H,9-13H2,1-3H3,(H,21,26). The van der Waals surface area contributed by atoms with Crippen molar-refractivity contribution in [2.45, 2.75) is 33.2 Å². The van der Waals surface area contributed by atoms with Gasteiger partial charge in [0.2, 0.25) is 5.91 Å². The van der Waals surface area contributed by atoms with Crippen molar-refractivity contribution in [3.05, 3.63) is 41.7 Å². The van der Waals surface area contributed by atoms with Gasteiger partial charge in [0, 0.05) is 45.1 Å². The van der Waals surface area contributed by atoms with Crippen LogP contribution in [0.1, 0.15) is 36.5 Å². The summed E-state index contributed by atoms with van der Waals surface area (Å²) < 4.78 is 2.10. The van der Waals surface area contributed by atoms with Crippen LogP contribution in [0.3, 0.4) is 0 Å². The second-order valence-electron chi connectivity index (χ2n) is 7.06. The van der Waals surface area contributed by atoms with E-state index in [0.29, 0.717) is 44.1 Å². The highest BCUT2D eigenvalue weighted by Gasteiger charge is 2.27. The zero-order valence-corrected chi connectivity index (χ0v) is 15.7. The highest BCUT2D eigenvalue weighted by molar-refractivity contribution is 5.94. The van der Waals surface area contributed by atoms with E-state index in [1.807, 2.05) is 35.2 Å². The van der Waals surface area contributed by atoms with Crippen LogP contribution in [0.15, 0.2) is 30.3 Å². The molecule has 0 aliphatic carbocycles. The molecule has 1 aliphatic heterocycles. The van der Waals surface area contributed by atoms with Gasteiger partial charge in [-0.15, -0.1) is 0 Å². The van der Waals surface area contributed by atoms with E-state index in [1.165, 1.54) is 0 Å². The van der Waals surface area contributed by atoms with Gasteiger partial charge in [-0.05, 0) is 5.92 Å². The Balaban J connectivity index is 1.95. The van der Waals surface area contributed by atoms with Crippen molar-refractivity contribution in [2.75, 3.05) is 20.1 Å². The topological polar surface area (TPSA) is 67.2 Å². The van der Waals surface area contributed by atoms with E-state index in [2.05, 4.69) is 28.7 Å². The predicted molar refractivity (Wildman–Crippen MR) is 101 cm³/mol. The molecule has 0 unspecified atom stereocenters. The number of imidazole rings is 1. The number of fused-ring (bicyclic) bond motifs is 1. The number of carbonyl (C=O) groups is 2. The summed E-state index contributed by atoms with van der Waals surface area (Å²) in [6, 6.07) is 9.88. The molecule has 3 rings (SSSR count). The normalized spacial score (nSPS) is 14.1. The Morgan fingerprint density at radius 3 is 2.54 bits per heavy atom. The molecule has 1 aromatic carbocycles. The number of hydrogen-bond donors (Lipinski definition) is 1. The van der Waals surface area contributed by atoms with E-state index in [9.17, 15) is 9.59 Å². The monoisotopic (exact) mass is 354 g/mol. The Morgan fingerprint density at radius 2 is 1.88 bits per heavy atom. The third-order valence-corrected chi connectivity index (χ3v) is 4.69. The Kier molecular flexibility index (Phi) is 5.40. The molecule has 6 nitrogen and oxygen atoms in total. The van der Waals surface area contributed by atoms with Crippen LogP contribution in [0.2, 0.25) is 0 Å². The molecule has 1 aromatic heterocycles. The van der Waals surface area contributed by atoms with Crippen LogP contribution >= 0.6 is 0 Å². The fraction of sp³-hybridized carbons (Fsp3) is 0.450. The molecule has 1 aliphatic rings. The first-order valence-electron chi connectivity index (χ1n) is 9.16. The summed E-state index contributed by atoms with van der Waals surface area (Å²) in [6.07, 6.45) is 1.19. The van der Waals surface area contributed by atoms with E-state index in [0.717, 1.165) is 17.1 Å². The molecule has 138 valence electrons. The van der Waals surface area contributed by atoms with Crippen molar-refractivity contribution >= 4 is 11.8 Å². The number of carbonyl (C=O) groups excluding carboxylic acids is 2. The van der Waals surface area contributed by atoms with Crippen LogP contribution in [0.25, 0.3) is 11.4 Å². The average molecular weight is 354 g/mol. The molecule has 0 fully saturated rings. The summed E-state index contributed by atoms with van der Waals surface area (Å²) in [5, 5.41) is 2.68. The van der Waals surface area contributed by atoms with Gasteiger partial charge in [0.05, 0.1) is 5.69 Å². The van der Waals surface area contributed by atoms with Crippen molar-refractivity contribution < 1.29 is 9.59 Å². The Labute approximate surface area is 154 Å². The minimum atomic E-state index is -0.183. The van der Waals surface area contributed by atoms with Crippen molar-refractivity contribution in [3.8, 4) is 11.4 Å². The summed E-state index contributed by atoms with van der Waals surface area (Å²) in [4.78, 5) is 31.4. The molecule has 6 heteroatoms. The molecule has 2 amide bonds. The lowest BCUT2D eigenvalue weighted by atomic mass is 10.1. The van der Waals surface area contributed by atoms with E-state index < -0.39 is 0 Å². The summed E-state index contributed by atoms with van der Waals surface area (Å²) in [5.74, 6) is 1.13. The van der Waals surface area contributed by atoms with Crippen molar-refractivity contribution in [1.29, 1.82) is 0 Å². The number of nitrogens with one attached hydrogen (secondary N) is 1. The lowest BCUT2D eigenvalue weighted by Crippen LogP contribution is -2.34. The lowest BCUT2D eigenvalue weighted by Gasteiger charge is -2.21. The fourth-order valence-corrected chi connectivity index (χ4v) is 3.39. The molecule has 0 saturated carbocycles. The van der Waals surface area contributed by atoms with E-state index in [1.54, 1.807) is 7.05 Å². The van der Waals surface area contributed by atoms with Gasteiger partial charge in [0.1, 0.15) is 11.5 Å². The number of aromatic nitrogens is 2. The molecule has 2 heterocycles. The molecular formula is C20H26N4O2. The van der Waals surface area contributed by atoms with Crippen LogP contribution in [-0.4, -0.2) is 46.4 Å². The van der Waals surface area contributed by atoms with Gasteiger partial charge in [0.15, 0.2) is 0 Å². The van der Waals surface area contributed by atoms with Gasteiger partial charge in [-0.2, -0.15) is 0 Å². The number of rotatable bonds is 4. The third kappa shape index (κ3) is 3.64. The molecule has 0 bridgehead atoms. The van der Waals surface area contributed by atoms with Crippen molar-refractivity contribution in [2.24, 2.45) is 5.92 Å². The zero-order valence-electron chi connectivity index (χ0n) is 15.7. The first-order chi connectivity index (χ1) is 12.5. The van der Waals surface area contributed by atoms with Crippen LogP contribution in [0.5, 0.6) is 0 Å². The van der Waals surface area contributed by atoms with Gasteiger partial charge in [-0.3, -0.25) is 9.59 Å². The zero-order chi connectivity index (χ0) is 18.7. The minimum absolute atomic E-state index is 0.182. The average Bonchev–Trinajstić information content (AvgIpc) is 2.85. The Morgan fingerprint density at radius 1 is 1.15 bits per heavy atom. The fourth-order valence-electron chi connectivity index (χ4n) is 3.39. The molecule has 0 saturated heterocycles. The molecule has 0 radical (unpaired) electrons. The molecule has 26 heavy (non-hydrogen) atoms. The van der Waals surface area contributed by atoms with Crippen LogP contribution in [0.4, 0.5) is 0 Å². The number of amides is 2. The molecule has 2 aromatic rings. The van der Waals surface area contributed by atoms with E-state index >= 15 is 0 Å². The summed E-state index contributed by atoms with van der Waals surface area (Å²) >= 11 is 0.